The molecule has 1 aromatic carbocycles. The van der Waals surface area contributed by atoms with Crippen LogP contribution in [-0.4, -0.2) is 16.1 Å². The van der Waals surface area contributed by atoms with E-state index >= 15 is 0 Å². The molecule has 0 saturated heterocycles. The summed E-state index contributed by atoms with van der Waals surface area (Å²) >= 11 is 3.53. The lowest BCUT2D eigenvalue weighted by molar-refractivity contribution is -0.121. The first-order chi connectivity index (χ1) is 10.6. The molecule has 0 bridgehead atoms. The van der Waals surface area contributed by atoms with Gasteiger partial charge in [-0.15, -0.1) is 0 Å². The van der Waals surface area contributed by atoms with Crippen molar-refractivity contribution in [3.63, 3.8) is 0 Å². The van der Waals surface area contributed by atoms with Gasteiger partial charge in [0, 0.05) is 10.2 Å². The van der Waals surface area contributed by atoms with E-state index in [4.69, 9.17) is 0 Å². The third kappa shape index (κ3) is 3.24. The number of halogens is 1. The number of H-pyrrole nitrogens is 1. The molecule has 1 aliphatic rings. The first kappa shape index (κ1) is 15.3. The highest BCUT2D eigenvalue weighted by Gasteiger charge is 2.19. The summed E-state index contributed by atoms with van der Waals surface area (Å²) in [5.74, 6) is 0.0168. The molecule has 116 valence electrons. The Balaban J connectivity index is 1.65. The summed E-state index contributed by atoms with van der Waals surface area (Å²) in [6.45, 7) is 2.00. The summed E-state index contributed by atoms with van der Waals surface area (Å²) in [6, 6.07) is 7.93. The van der Waals surface area contributed by atoms with Gasteiger partial charge < -0.3 is 5.32 Å². The van der Waals surface area contributed by atoms with Gasteiger partial charge in [-0.3, -0.25) is 9.89 Å². The standard InChI is InChI=1S/C17H20BrN3O/c1-11(12-6-2-4-8-14(12)18)19-17(22)10-16-13-7-3-5-9-15(13)20-21-16/h2,4,6,8,11H,3,5,7,9-10H2,1H3,(H,19,22)(H,20,21)/t11-/m0/s1. The maximum absolute atomic E-state index is 12.3. The van der Waals surface area contributed by atoms with Crippen LogP contribution in [0.2, 0.25) is 0 Å². The summed E-state index contributed by atoms with van der Waals surface area (Å²) in [5.41, 5.74) is 4.47. The minimum absolute atomic E-state index is 0.0168. The molecule has 5 heteroatoms. The Labute approximate surface area is 138 Å². The van der Waals surface area contributed by atoms with Crippen molar-refractivity contribution in [2.24, 2.45) is 0 Å². The van der Waals surface area contributed by atoms with E-state index in [1.807, 2.05) is 31.2 Å². The molecule has 1 heterocycles. The molecule has 0 radical (unpaired) electrons. The zero-order valence-electron chi connectivity index (χ0n) is 12.7. The van der Waals surface area contributed by atoms with Crippen LogP contribution in [0.4, 0.5) is 0 Å². The summed E-state index contributed by atoms with van der Waals surface area (Å²) in [7, 11) is 0. The van der Waals surface area contributed by atoms with E-state index in [0.717, 1.165) is 28.6 Å². The Kier molecular flexibility index (Phi) is 4.62. The molecular weight excluding hydrogens is 342 g/mol. The van der Waals surface area contributed by atoms with E-state index < -0.39 is 0 Å². The predicted octanol–water partition coefficient (Wildman–Crippen LogP) is 3.47. The molecule has 0 aliphatic heterocycles. The highest BCUT2D eigenvalue weighted by Crippen LogP contribution is 2.24. The van der Waals surface area contributed by atoms with Crippen molar-refractivity contribution in [2.45, 2.75) is 45.1 Å². The molecular formula is C17H20BrN3O. The molecule has 0 spiro atoms. The third-order valence-electron chi connectivity index (χ3n) is 4.22. The van der Waals surface area contributed by atoms with E-state index in [1.165, 1.54) is 24.1 Å². The van der Waals surface area contributed by atoms with E-state index in [-0.39, 0.29) is 11.9 Å². The van der Waals surface area contributed by atoms with Crippen molar-refractivity contribution in [3.05, 3.63) is 51.3 Å². The quantitative estimate of drug-likeness (QED) is 0.875. The fourth-order valence-electron chi connectivity index (χ4n) is 3.04. The number of carbonyl (C=O) groups is 1. The zero-order chi connectivity index (χ0) is 15.5. The van der Waals surface area contributed by atoms with Crippen LogP contribution in [-0.2, 0) is 24.1 Å². The van der Waals surface area contributed by atoms with Crippen molar-refractivity contribution in [1.82, 2.24) is 15.5 Å². The predicted molar refractivity (Wildman–Crippen MR) is 89.6 cm³/mol. The number of nitrogens with zero attached hydrogens (tertiary/aromatic N) is 1. The van der Waals surface area contributed by atoms with Crippen LogP contribution in [0.15, 0.2) is 28.7 Å². The topological polar surface area (TPSA) is 57.8 Å². The highest BCUT2D eigenvalue weighted by atomic mass is 79.9. The SMILES string of the molecule is C[C@H](NC(=O)Cc1n[nH]c2c1CCCC2)c1ccccc1Br. The number of amides is 1. The summed E-state index contributed by atoms with van der Waals surface area (Å²) in [6.07, 6.45) is 4.83. The number of aryl methyl sites for hydroxylation is 1. The Morgan fingerprint density at radius 3 is 2.95 bits per heavy atom. The van der Waals surface area contributed by atoms with E-state index in [0.29, 0.717) is 6.42 Å². The van der Waals surface area contributed by atoms with Gasteiger partial charge in [0.05, 0.1) is 18.2 Å². The van der Waals surface area contributed by atoms with Gasteiger partial charge >= 0.3 is 0 Å². The first-order valence-corrected chi connectivity index (χ1v) is 8.53. The summed E-state index contributed by atoms with van der Waals surface area (Å²) in [4.78, 5) is 12.3. The molecule has 22 heavy (non-hydrogen) atoms. The largest absolute Gasteiger partial charge is 0.349 e. The Bertz CT molecular complexity index is 680. The van der Waals surface area contributed by atoms with Crippen LogP contribution in [0, 0.1) is 0 Å². The molecule has 4 nitrogen and oxygen atoms in total. The maximum atomic E-state index is 12.3. The van der Waals surface area contributed by atoms with Gasteiger partial charge in [0.15, 0.2) is 0 Å². The minimum atomic E-state index is -0.0298. The summed E-state index contributed by atoms with van der Waals surface area (Å²) in [5, 5.41) is 10.5. The lowest BCUT2D eigenvalue weighted by Gasteiger charge is -2.16. The second-order valence-corrected chi connectivity index (χ2v) is 6.68. The van der Waals surface area contributed by atoms with Crippen molar-refractivity contribution < 1.29 is 4.79 Å². The lowest BCUT2D eigenvalue weighted by atomic mass is 9.95. The van der Waals surface area contributed by atoms with Crippen LogP contribution >= 0.6 is 15.9 Å². The fourth-order valence-corrected chi connectivity index (χ4v) is 3.67. The summed E-state index contributed by atoms with van der Waals surface area (Å²) < 4.78 is 1.01. The van der Waals surface area contributed by atoms with Crippen LogP contribution in [0.3, 0.4) is 0 Å². The average molecular weight is 362 g/mol. The number of fused-ring (bicyclic) bond motifs is 1. The van der Waals surface area contributed by atoms with Crippen LogP contribution < -0.4 is 5.32 Å². The van der Waals surface area contributed by atoms with Crippen molar-refractivity contribution in [1.29, 1.82) is 0 Å². The lowest BCUT2D eigenvalue weighted by Crippen LogP contribution is -2.28. The third-order valence-corrected chi connectivity index (χ3v) is 4.94. The fraction of sp³-hybridized carbons (Fsp3) is 0.412. The number of benzene rings is 1. The van der Waals surface area contributed by atoms with Crippen molar-refractivity contribution in [3.8, 4) is 0 Å². The van der Waals surface area contributed by atoms with E-state index in [1.54, 1.807) is 0 Å². The van der Waals surface area contributed by atoms with Gasteiger partial charge in [-0.25, -0.2) is 0 Å². The second kappa shape index (κ2) is 6.65. The normalized spacial score (nSPS) is 15.2. The van der Waals surface area contributed by atoms with Crippen LogP contribution in [0.5, 0.6) is 0 Å². The van der Waals surface area contributed by atoms with Crippen molar-refractivity contribution >= 4 is 21.8 Å². The maximum Gasteiger partial charge on any atom is 0.226 e. The Hall–Kier alpha value is -1.62. The number of carbonyl (C=O) groups excluding carboxylic acids is 1. The van der Waals surface area contributed by atoms with Crippen LogP contribution in [0.25, 0.3) is 0 Å². The van der Waals surface area contributed by atoms with Gasteiger partial charge in [0.25, 0.3) is 0 Å². The molecule has 0 fully saturated rings. The van der Waals surface area contributed by atoms with Gasteiger partial charge in [0.1, 0.15) is 0 Å². The molecule has 1 aromatic heterocycles. The Morgan fingerprint density at radius 2 is 2.14 bits per heavy atom. The number of hydrogen-bond donors (Lipinski definition) is 2. The van der Waals surface area contributed by atoms with Crippen LogP contribution in [0.1, 0.15) is 48.3 Å². The second-order valence-electron chi connectivity index (χ2n) is 5.82. The molecule has 1 amide bonds. The first-order valence-electron chi connectivity index (χ1n) is 7.74. The number of rotatable bonds is 4. The van der Waals surface area contributed by atoms with Crippen molar-refractivity contribution in [2.75, 3.05) is 0 Å². The number of aromatic amines is 1. The molecule has 2 N–H and O–H groups in total. The number of aromatic nitrogens is 2. The van der Waals surface area contributed by atoms with Gasteiger partial charge in [-0.2, -0.15) is 5.10 Å². The smallest absolute Gasteiger partial charge is 0.226 e. The molecule has 0 saturated carbocycles. The van der Waals surface area contributed by atoms with Gasteiger partial charge in [-0.05, 0) is 49.8 Å². The highest BCUT2D eigenvalue weighted by molar-refractivity contribution is 9.10. The zero-order valence-corrected chi connectivity index (χ0v) is 14.2. The monoisotopic (exact) mass is 361 g/mol. The molecule has 1 aliphatic carbocycles. The molecule has 1 atom stereocenters. The average Bonchev–Trinajstić information content (AvgIpc) is 2.91. The molecule has 0 unspecified atom stereocenters. The van der Waals surface area contributed by atoms with E-state index in [9.17, 15) is 4.79 Å². The number of hydrogen-bond acceptors (Lipinski definition) is 2. The molecule has 2 aromatic rings. The van der Waals surface area contributed by atoms with E-state index in [2.05, 4.69) is 31.4 Å². The molecule has 3 rings (SSSR count). The van der Waals surface area contributed by atoms with Gasteiger partial charge in [-0.1, -0.05) is 34.1 Å². The minimum Gasteiger partial charge on any atom is -0.349 e. The van der Waals surface area contributed by atoms with Gasteiger partial charge in [0.2, 0.25) is 5.91 Å². The number of nitrogens with one attached hydrogen (secondary N) is 2. The Morgan fingerprint density at radius 1 is 1.36 bits per heavy atom.